The number of benzene rings is 1. The van der Waals surface area contributed by atoms with Gasteiger partial charge in [-0.2, -0.15) is 5.10 Å². The number of amides is 2. The van der Waals surface area contributed by atoms with Crippen LogP contribution in [0.15, 0.2) is 24.3 Å². The van der Waals surface area contributed by atoms with Gasteiger partial charge in [-0.1, -0.05) is 0 Å². The van der Waals surface area contributed by atoms with Gasteiger partial charge in [0, 0.05) is 24.5 Å². The lowest BCUT2D eigenvalue weighted by molar-refractivity contribution is -0.115. The minimum Gasteiger partial charge on any atom is -0.454 e. The summed E-state index contributed by atoms with van der Waals surface area (Å²) in [6.07, 6.45) is 0. The molecule has 1 aromatic carbocycles. The van der Waals surface area contributed by atoms with Gasteiger partial charge in [0.1, 0.15) is 5.69 Å². The van der Waals surface area contributed by atoms with Crippen molar-refractivity contribution in [3.8, 4) is 11.5 Å². The molecule has 0 unspecified atom stereocenters. The Morgan fingerprint density at radius 3 is 2.78 bits per heavy atom. The van der Waals surface area contributed by atoms with Gasteiger partial charge < -0.3 is 20.1 Å². The molecule has 3 rings (SSSR count). The van der Waals surface area contributed by atoms with Crippen LogP contribution in [0, 0.1) is 6.92 Å². The number of rotatable bonds is 4. The summed E-state index contributed by atoms with van der Waals surface area (Å²) in [5.74, 6) is 0.483. The van der Waals surface area contributed by atoms with Crippen molar-refractivity contribution in [2.24, 2.45) is 7.05 Å². The van der Waals surface area contributed by atoms with Gasteiger partial charge in [-0.15, -0.1) is 0 Å². The Bertz CT molecular complexity index is 749. The first-order chi connectivity index (χ1) is 11.0. The predicted octanol–water partition coefficient (Wildman–Crippen LogP) is 0.826. The minimum atomic E-state index is -0.394. The molecule has 120 valence electrons. The number of carbonyl (C=O) groups is 2. The van der Waals surface area contributed by atoms with E-state index in [1.165, 1.54) is 0 Å². The Balaban J connectivity index is 1.54. The maximum Gasteiger partial charge on any atom is 0.272 e. The molecular weight excluding hydrogens is 300 g/mol. The van der Waals surface area contributed by atoms with E-state index in [0.29, 0.717) is 17.2 Å². The van der Waals surface area contributed by atoms with Crippen LogP contribution in [0.3, 0.4) is 0 Å². The van der Waals surface area contributed by atoms with Gasteiger partial charge in [-0.3, -0.25) is 14.3 Å². The van der Waals surface area contributed by atoms with Crippen LogP contribution in [0.4, 0.5) is 5.69 Å². The van der Waals surface area contributed by atoms with Crippen molar-refractivity contribution < 1.29 is 19.1 Å². The lowest BCUT2D eigenvalue weighted by Crippen LogP contribution is -2.33. The Kier molecular flexibility index (Phi) is 3.88. The van der Waals surface area contributed by atoms with Crippen LogP contribution in [-0.4, -0.2) is 34.9 Å². The fourth-order valence-electron chi connectivity index (χ4n) is 2.10. The van der Waals surface area contributed by atoms with Gasteiger partial charge in [0.25, 0.3) is 5.91 Å². The van der Waals surface area contributed by atoms with E-state index in [4.69, 9.17) is 9.47 Å². The Morgan fingerprint density at radius 2 is 2.04 bits per heavy atom. The number of hydrogen-bond acceptors (Lipinski definition) is 5. The fourth-order valence-corrected chi connectivity index (χ4v) is 2.10. The number of nitrogens with one attached hydrogen (secondary N) is 2. The zero-order valence-electron chi connectivity index (χ0n) is 12.8. The average molecular weight is 316 g/mol. The van der Waals surface area contributed by atoms with E-state index in [9.17, 15) is 9.59 Å². The number of hydrogen-bond donors (Lipinski definition) is 2. The largest absolute Gasteiger partial charge is 0.454 e. The molecular formula is C15H16N4O4. The predicted molar refractivity (Wildman–Crippen MR) is 81.5 cm³/mol. The topological polar surface area (TPSA) is 94.5 Å². The van der Waals surface area contributed by atoms with Crippen LogP contribution >= 0.6 is 0 Å². The molecule has 1 aliphatic rings. The number of ether oxygens (including phenoxy) is 2. The van der Waals surface area contributed by atoms with Crippen molar-refractivity contribution in [1.82, 2.24) is 15.1 Å². The highest BCUT2D eigenvalue weighted by atomic mass is 16.7. The van der Waals surface area contributed by atoms with Crippen LogP contribution in [0.25, 0.3) is 0 Å². The first-order valence-corrected chi connectivity index (χ1v) is 7.01. The Hall–Kier alpha value is -3.03. The molecule has 1 aromatic heterocycles. The average Bonchev–Trinajstić information content (AvgIpc) is 3.11. The van der Waals surface area contributed by atoms with Crippen LogP contribution in [0.5, 0.6) is 11.5 Å². The molecule has 0 saturated heterocycles. The van der Waals surface area contributed by atoms with Gasteiger partial charge in [0.2, 0.25) is 12.7 Å². The molecule has 0 bridgehead atoms. The van der Waals surface area contributed by atoms with Gasteiger partial charge >= 0.3 is 0 Å². The smallest absolute Gasteiger partial charge is 0.272 e. The van der Waals surface area contributed by atoms with E-state index >= 15 is 0 Å². The molecule has 0 atom stereocenters. The molecule has 1 aliphatic heterocycles. The first kappa shape index (κ1) is 14.9. The van der Waals surface area contributed by atoms with Crippen LogP contribution in [0.1, 0.15) is 16.2 Å². The standard InChI is InChI=1S/C15H16N4O4/c1-9-5-11(18-19(9)2)15(21)16-7-14(20)17-10-3-4-12-13(6-10)23-8-22-12/h3-6H,7-8H2,1-2H3,(H,16,21)(H,17,20). The third kappa shape index (κ3) is 3.25. The number of fused-ring (bicyclic) bond motifs is 1. The quantitative estimate of drug-likeness (QED) is 0.871. The highest BCUT2D eigenvalue weighted by Crippen LogP contribution is 2.34. The number of anilines is 1. The minimum absolute atomic E-state index is 0.150. The highest BCUT2D eigenvalue weighted by molar-refractivity contribution is 5.98. The second-order valence-corrected chi connectivity index (χ2v) is 5.09. The molecule has 2 aromatic rings. The van der Waals surface area contributed by atoms with E-state index in [-0.39, 0.29) is 24.9 Å². The molecule has 2 amide bonds. The third-order valence-electron chi connectivity index (χ3n) is 3.41. The van der Waals surface area contributed by atoms with Crippen molar-refractivity contribution in [2.75, 3.05) is 18.7 Å². The lowest BCUT2D eigenvalue weighted by atomic mass is 10.2. The summed E-state index contributed by atoms with van der Waals surface area (Å²) in [5, 5.41) is 9.26. The van der Waals surface area contributed by atoms with E-state index in [1.54, 1.807) is 36.0 Å². The number of carbonyl (C=O) groups excluding carboxylic acids is 2. The summed E-state index contributed by atoms with van der Waals surface area (Å²) in [7, 11) is 1.75. The fraction of sp³-hybridized carbons (Fsp3) is 0.267. The van der Waals surface area contributed by atoms with Crippen molar-refractivity contribution in [3.05, 3.63) is 35.7 Å². The Morgan fingerprint density at radius 1 is 1.26 bits per heavy atom. The zero-order chi connectivity index (χ0) is 16.4. The van der Waals surface area contributed by atoms with Crippen molar-refractivity contribution >= 4 is 17.5 Å². The van der Waals surface area contributed by atoms with Gasteiger partial charge in [0.05, 0.1) is 6.54 Å². The summed E-state index contributed by atoms with van der Waals surface area (Å²) in [6, 6.07) is 6.75. The molecule has 8 nitrogen and oxygen atoms in total. The number of nitrogens with zero attached hydrogens (tertiary/aromatic N) is 2. The van der Waals surface area contributed by atoms with Crippen molar-refractivity contribution in [1.29, 1.82) is 0 Å². The SMILES string of the molecule is Cc1cc(C(=O)NCC(=O)Nc2ccc3c(c2)OCO3)nn1C. The maximum absolute atomic E-state index is 11.9. The molecule has 23 heavy (non-hydrogen) atoms. The molecule has 0 fully saturated rings. The normalized spacial score (nSPS) is 12.1. The Labute approximate surface area is 132 Å². The summed E-state index contributed by atoms with van der Waals surface area (Å²) in [6.45, 7) is 1.87. The zero-order valence-corrected chi connectivity index (χ0v) is 12.8. The molecule has 0 radical (unpaired) electrons. The van der Waals surface area contributed by atoms with E-state index in [0.717, 1.165) is 5.69 Å². The second kappa shape index (κ2) is 5.99. The van der Waals surface area contributed by atoms with E-state index in [1.807, 2.05) is 6.92 Å². The number of aromatic nitrogens is 2. The molecule has 0 saturated carbocycles. The van der Waals surface area contributed by atoms with Gasteiger partial charge in [0.15, 0.2) is 11.5 Å². The van der Waals surface area contributed by atoms with Gasteiger partial charge in [-0.05, 0) is 25.1 Å². The summed E-state index contributed by atoms with van der Waals surface area (Å²) >= 11 is 0. The van der Waals surface area contributed by atoms with Crippen LogP contribution in [0.2, 0.25) is 0 Å². The van der Waals surface area contributed by atoms with Crippen LogP contribution < -0.4 is 20.1 Å². The summed E-state index contributed by atoms with van der Waals surface area (Å²) < 4.78 is 12.0. The first-order valence-electron chi connectivity index (χ1n) is 7.01. The van der Waals surface area contributed by atoms with Crippen molar-refractivity contribution in [2.45, 2.75) is 6.92 Å². The maximum atomic E-state index is 11.9. The van der Waals surface area contributed by atoms with E-state index in [2.05, 4.69) is 15.7 Å². The lowest BCUT2D eigenvalue weighted by Gasteiger charge is -2.07. The van der Waals surface area contributed by atoms with Crippen molar-refractivity contribution in [3.63, 3.8) is 0 Å². The van der Waals surface area contributed by atoms with Crippen LogP contribution in [-0.2, 0) is 11.8 Å². The number of aryl methyl sites for hydroxylation is 2. The molecule has 0 spiro atoms. The van der Waals surface area contributed by atoms with Gasteiger partial charge in [-0.25, -0.2) is 0 Å². The molecule has 2 N–H and O–H groups in total. The summed E-state index contributed by atoms with van der Waals surface area (Å²) in [4.78, 5) is 23.8. The van der Waals surface area contributed by atoms with E-state index < -0.39 is 5.91 Å². The third-order valence-corrected chi connectivity index (χ3v) is 3.41. The second-order valence-electron chi connectivity index (χ2n) is 5.09. The highest BCUT2D eigenvalue weighted by Gasteiger charge is 2.15. The molecule has 0 aliphatic carbocycles. The molecule has 2 heterocycles. The molecule has 8 heteroatoms. The summed E-state index contributed by atoms with van der Waals surface area (Å²) in [5.41, 5.74) is 1.71. The monoisotopic (exact) mass is 316 g/mol.